The summed E-state index contributed by atoms with van der Waals surface area (Å²) in [6.45, 7) is 7.92. The molecule has 0 saturated carbocycles. The van der Waals surface area contributed by atoms with Crippen molar-refractivity contribution in [2.45, 2.75) is 45.7 Å². The molecule has 0 aromatic carbocycles. The molecule has 2 atom stereocenters. The van der Waals surface area contributed by atoms with Crippen LogP contribution in [0.5, 0.6) is 0 Å². The zero-order valence-corrected chi connectivity index (χ0v) is 9.34. The molecule has 3 fully saturated rings. The molecule has 3 heterocycles. The second-order valence-corrected chi connectivity index (χ2v) is 5.54. The van der Waals surface area contributed by atoms with Crippen LogP contribution in [0.3, 0.4) is 0 Å². The number of rotatable bonds is 0. The van der Waals surface area contributed by atoms with E-state index in [0.717, 1.165) is 13.1 Å². The molecule has 2 bridgehead atoms. The molecule has 0 aromatic heterocycles. The van der Waals surface area contributed by atoms with Crippen molar-refractivity contribution < 1.29 is 4.79 Å². The first-order chi connectivity index (χ1) is 6.48. The average Bonchev–Trinajstić information content (AvgIpc) is 2.17. The standard InChI is InChI=1S/C11H20N2O/c1-11(2,3)10(14)13-7-8-4-5-9(13)6-12-8/h8-9,12H,4-7H2,1-3H3. The van der Waals surface area contributed by atoms with Gasteiger partial charge in [0, 0.05) is 30.6 Å². The van der Waals surface area contributed by atoms with Crippen LogP contribution in [0, 0.1) is 5.41 Å². The Morgan fingerprint density at radius 3 is 2.43 bits per heavy atom. The van der Waals surface area contributed by atoms with E-state index < -0.39 is 0 Å². The predicted molar refractivity (Wildman–Crippen MR) is 56.0 cm³/mol. The van der Waals surface area contributed by atoms with Crippen molar-refractivity contribution in [2.24, 2.45) is 5.41 Å². The van der Waals surface area contributed by atoms with Crippen molar-refractivity contribution in [3.05, 3.63) is 0 Å². The molecule has 80 valence electrons. The van der Waals surface area contributed by atoms with Crippen LogP contribution in [0.15, 0.2) is 0 Å². The first kappa shape index (κ1) is 9.97. The van der Waals surface area contributed by atoms with Gasteiger partial charge in [0.05, 0.1) is 0 Å². The summed E-state index contributed by atoms with van der Waals surface area (Å²) in [4.78, 5) is 14.2. The summed E-state index contributed by atoms with van der Waals surface area (Å²) in [7, 11) is 0. The number of amides is 1. The van der Waals surface area contributed by atoms with Gasteiger partial charge < -0.3 is 10.2 Å². The van der Waals surface area contributed by atoms with Crippen LogP contribution in [-0.2, 0) is 4.79 Å². The van der Waals surface area contributed by atoms with E-state index in [2.05, 4.69) is 10.2 Å². The molecule has 3 heteroatoms. The van der Waals surface area contributed by atoms with Crippen LogP contribution in [0.4, 0.5) is 0 Å². The number of fused-ring (bicyclic) bond motifs is 3. The first-order valence-electron chi connectivity index (χ1n) is 5.53. The van der Waals surface area contributed by atoms with Gasteiger partial charge in [-0.05, 0) is 12.8 Å². The van der Waals surface area contributed by atoms with Crippen molar-refractivity contribution in [1.82, 2.24) is 10.2 Å². The van der Waals surface area contributed by atoms with Gasteiger partial charge in [-0.2, -0.15) is 0 Å². The first-order valence-corrected chi connectivity index (χ1v) is 5.53. The van der Waals surface area contributed by atoms with Crippen molar-refractivity contribution >= 4 is 5.91 Å². The highest BCUT2D eigenvalue weighted by molar-refractivity contribution is 5.82. The lowest BCUT2D eigenvalue weighted by atomic mass is 9.88. The van der Waals surface area contributed by atoms with Crippen LogP contribution in [0.25, 0.3) is 0 Å². The number of carbonyl (C=O) groups is 1. The number of carbonyl (C=O) groups excluding carboxylic acids is 1. The number of hydrogen-bond donors (Lipinski definition) is 1. The van der Waals surface area contributed by atoms with E-state index in [1.807, 2.05) is 20.8 Å². The molecule has 0 aliphatic carbocycles. The Hall–Kier alpha value is -0.570. The molecule has 3 saturated heterocycles. The minimum Gasteiger partial charge on any atom is -0.336 e. The molecule has 3 rings (SSSR count). The Morgan fingerprint density at radius 1 is 1.36 bits per heavy atom. The normalized spacial score (nSPS) is 32.1. The Kier molecular flexibility index (Phi) is 2.30. The van der Waals surface area contributed by atoms with E-state index in [0.29, 0.717) is 18.0 Å². The molecule has 1 amide bonds. The van der Waals surface area contributed by atoms with Gasteiger partial charge in [0.2, 0.25) is 5.91 Å². The Labute approximate surface area is 85.8 Å². The zero-order valence-electron chi connectivity index (χ0n) is 9.34. The fourth-order valence-corrected chi connectivity index (χ4v) is 2.39. The maximum atomic E-state index is 12.1. The molecule has 3 aliphatic rings. The lowest BCUT2D eigenvalue weighted by molar-refractivity contribution is -0.145. The third-order valence-corrected chi connectivity index (χ3v) is 3.25. The van der Waals surface area contributed by atoms with E-state index in [4.69, 9.17) is 0 Å². The molecule has 3 aliphatic heterocycles. The van der Waals surface area contributed by atoms with E-state index in [1.54, 1.807) is 0 Å². The number of nitrogens with zero attached hydrogens (tertiary/aromatic N) is 1. The second-order valence-electron chi connectivity index (χ2n) is 5.54. The molecular formula is C11H20N2O. The van der Waals surface area contributed by atoms with Gasteiger partial charge in [-0.1, -0.05) is 20.8 Å². The van der Waals surface area contributed by atoms with E-state index in [1.165, 1.54) is 12.8 Å². The van der Waals surface area contributed by atoms with Crippen LogP contribution >= 0.6 is 0 Å². The SMILES string of the molecule is CC(C)(C)C(=O)N1CC2CCC1CN2. The lowest BCUT2D eigenvalue weighted by Crippen LogP contribution is -2.63. The number of hydrogen-bond acceptors (Lipinski definition) is 2. The minimum atomic E-state index is -0.225. The molecular weight excluding hydrogens is 176 g/mol. The van der Waals surface area contributed by atoms with Crippen LogP contribution in [0.2, 0.25) is 0 Å². The Bertz CT molecular complexity index is 236. The molecule has 14 heavy (non-hydrogen) atoms. The monoisotopic (exact) mass is 196 g/mol. The fraction of sp³-hybridized carbons (Fsp3) is 0.909. The quantitative estimate of drug-likeness (QED) is 0.627. The van der Waals surface area contributed by atoms with Crippen LogP contribution in [-0.4, -0.2) is 36.0 Å². The zero-order chi connectivity index (χ0) is 10.3. The van der Waals surface area contributed by atoms with E-state index >= 15 is 0 Å². The summed E-state index contributed by atoms with van der Waals surface area (Å²) in [6, 6.07) is 0.998. The van der Waals surface area contributed by atoms with Crippen molar-refractivity contribution in [1.29, 1.82) is 0 Å². The van der Waals surface area contributed by atoms with E-state index in [9.17, 15) is 4.79 Å². The molecule has 3 nitrogen and oxygen atoms in total. The maximum Gasteiger partial charge on any atom is 0.228 e. The van der Waals surface area contributed by atoms with Gasteiger partial charge in [-0.25, -0.2) is 0 Å². The number of nitrogens with one attached hydrogen (secondary N) is 1. The van der Waals surface area contributed by atoms with Gasteiger partial charge in [0.25, 0.3) is 0 Å². The van der Waals surface area contributed by atoms with E-state index in [-0.39, 0.29) is 5.41 Å². The Morgan fingerprint density at radius 2 is 2.07 bits per heavy atom. The highest BCUT2D eigenvalue weighted by Gasteiger charge is 2.39. The fourth-order valence-electron chi connectivity index (χ4n) is 2.39. The van der Waals surface area contributed by atoms with Gasteiger partial charge in [-0.3, -0.25) is 4.79 Å². The molecule has 0 radical (unpaired) electrons. The lowest BCUT2D eigenvalue weighted by Gasteiger charge is -2.47. The van der Waals surface area contributed by atoms with Gasteiger partial charge in [0.1, 0.15) is 0 Å². The van der Waals surface area contributed by atoms with Crippen molar-refractivity contribution in [2.75, 3.05) is 13.1 Å². The van der Waals surface area contributed by atoms with Crippen LogP contribution < -0.4 is 5.32 Å². The molecule has 1 N–H and O–H groups in total. The van der Waals surface area contributed by atoms with Crippen LogP contribution in [0.1, 0.15) is 33.6 Å². The summed E-state index contributed by atoms with van der Waals surface area (Å²) in [5, 5.41) is 3.46. The highest BCUT2D eigenvalue weighted by Crippen LogP contribution is 2.27. The van der Waals surface area contributed by atoms with Crippen molar-refractivity contribution in [3.63, 3.8) is 0 Å². The van der Waals surface area contributed by atoms with Gasteiger partial charge in [0.15, 0.2) is 0 Å². The Balaban J connectivity index is 2.09. The maximum absolute atomic E-state index is 12.1. The summed E-state index contributed by atoms with van der Waals surface area (Å²) in [6.07, 6.45) is 2.41. The molecule has 0 aromatic rings. The molecule has 0 spiro atoms. The minimum absolute atomic E-state index is 0.225. The number of piperazine rings is 1. The van der Waals surface area contributed by atoms with Gasteiger partial charge >= 0.3 is 0 Å². The van der Waals surface area contributed by atoms with Crippen molar-refractivity contribution in [3.8, 4) is 0 Å². The topological polar surface area (TPSA) is 32.3 Å². The van der Waals surface area contributed by atoms with Gasteiger partial charge in [-0.15, -0.1) is 0 Å². The largest absolute Gasteiger partial charge is 0.336 e. The number of piperidine rings is 2. The summed E-state index contributed by atoms with van der Waals surface area (Å²) < 4.78 is 0. The summed E-state index contributed by atoms with van der Waals surface area (Å²) in [5.41, 5.74) is -0.225. The third kappa shape index (κ3) is 1.65. The average molecular weight is 196 g/mol. The highest BCUT2D eigenvalue weighted by atomic mass is 16.2. The molecule has 2 unspecified atom stereocenters. The second kappa shape index (κ2) is 3.23. The smallest absolute Gasteiger partial charge is 0.228 e. The third-order valence-electron chi connectivity index (χ3n) is 3.25. The summed E-state index contributed by atoms with van der Waals surface area (Å²) >= 11 is 0. The summed E-state index contributed by atoms with van der Waals surface area (Å²) in [5.74, 6) is 0.314. The predicted octanol–water partition coefficient (Wildman–Crippen LogP) is 0.995.